The summed E-state index contributed by atoms with van der Waals surface area (Å²) < 4.78 is 11.1. The van der Waals surface area contributed by atoms with Crippen molar-refractivity contribution in [2.24, 2.45) is 10.9 Å². The van der Waals surface area contributed by atoms with Gasteiger partial charge in [-0.15, -0.1) is 0 Å². The Labute approximate surface area is 161 Å². The maximum absolute atomic E-state index is 5.78. The first-order valence-electron chi connectivity index (χ1n) is 9.72. The van der Waals surface area contributed by atoms with E-state index in [1.807, 2.05) is 19.1 Å². The molecule has 2 aromatic rings. The van der Waals surface area contributed by atoms with Gasteiger partial charge in [-0.2, -0.15) is 5.10 Å². The van der Waals surface area contributed by atoms with Crippen molar-refractivity contribution in [3.8, 4) is 11.6 Å². The highest BCUT2D eigenvalue weighted by Gasteiger charge is 2.12. The van der Waals surface area contributed by atoms with Gasteiger partial charge in [0.2, 0.25) is 5.82 Å². The fourth-order valence-corrected chi connectivity index (χ4v) is 2.69. The number of guanidine groups is 1. The lowest BCUT2D eigenvalue weighted by Crippen LogP contribution is -2.38. The van der Waals surface area contributed by atoms with Gasteiger partial charge in [-0.25, -0.2) is 4.98 Å². The highest BCUT2D eigenvalue weighted by molar-refractivity contribution is 5.79. The Balaban J connectivity index is 1.79. The molecule has 0 aliphatic heterocycles. The normalized spacial score (nSPS) is 13.1. The van der Waals surface area contributed by atoms with Gasteiger partial charge in [-0.1, -0.05) is 13.8 Å². The molecule has 0 fully saturated rings. The number of ether oxygens (including phenoxy) is 1. The number of furan rings is 1. The van der Waals surface area contributed by atoms with Crippen LogP contribution in [0.25, 0.3) is 11.6 Å². The predicted molar refractivity (Wildman–Crippen MR) is 107 cm³/mol. The monoisotopic (exact) mass is 376 g/mol. The molecule has 0 aromatic carbocycles. The quantitative estimate of drug-likeness (QED) is 0.412. The molecule has 2 heterocycles. The number of aromatic amines is 1. The van der Waals surface area contributed by atoms with Gasteiger partial charge < -0.3 is 19.8 Å². The predicted octanol–water partition coefficient (Wildman–Crippen LogP) is 2.61. The molecule has 0 amide bonds. The van der Waals surface area contributed by atoms with Gasteiger partial charge in [0.05, 0.1) is 12.4 Å². The number of hydrogen-bond acceptors (Lipinski definition) is 5. The van der Waals surface area contributed by atoms with Gasteiger partial charge in [0.15, 0.2) is 11.7 Å². The number of aliphatic imine (C=N–C) groups is 1. The van der Waals surface area contributed by atoms with E-state index in [1.165, 1.54) is 0 Å². The zero-order chi connectivity index (χ0) is 19.5. The van der Waals surface area contributed by atoms with E-state index in [-0.39, 0.29) is 6.10 Å². The number of aromatic nitrogens is 3. The second-order valence-electron chi connectivity index (χ2n) is 6.55. The van der Waals surface area contributed by atoms with Crippen LogP contribution in [0.1, 0.15) is 39.9 Å². The number of hydrogen-bond donors (Lipinski definition) is 3. The van der Waals surface area contributed by atoms with Crippen molar-refractivity contribution >= 4 is 5.96 Å². The van der Waals surface area contributed by atoms with Crippen LogP contribution in [0.2, 0.25) is 0 Å². The lowest BCUT2D eigenvalue weighted by Gasteiger charge is -2.20. The first-order valence-corrected chi connectivity index (χ1v) is 9.72. The molecule has 1 atom stereocenters. The van der Waals surface area contributed by atoms with Gasteiger partial charge in [-0.05, 0) is 38.3 Å². The Bertz CT molecular complexity index is 666. The lowest BCUT2D eigenvalue weighted by molar-refractivity contribution is 0.0266. The molecule has 0 radical (unpaired) electrons. The molecule has 1 unspecified atom stereocenters. The summed E-state index contributed by atoms with van der Waals surface area (Å²) in [6, 6.07) is 3.66. The molecule has 2 rings (SSSR count). The summed E-state index contributed by atoms with van der Waals surface area (Å²) in [6.07, 6.45) is 3.49. The van der Waals surface area contributed by atoms with Crippen LogP contribution in [0, 0.1) is 5.92 Å². The minimum atomic E-state index is 0.246. The van der Waals surface area contributed by atoms with Crippen LogP contribution in [-0.4, -0.2) is 53.5 Å². The van der Waals surface area contributed by atoms with Crippen LogP contribution < -0.4 is 10.6 Å². The standard InChI is InChI=1S/C19H32N6O2/c1-5-20-19(21-11-9-15(14(3)4)26-6-2)22-12-10-17-23-18(25-24-17)16-8-7-13-27-16/h7-8,13-15H,5-6,9-12H2,1-4H3,(H2,20,21,22)(H,23,24,25). The molecule has 8 heteroatoms. The first kappa shape index (κ1) is 21.0. The molecular weight excluding hydrogens is 344 g/mol. The Hall–Kier alpha value is -2.35. The summed E-state index contributed by atoms with van der Waals surface area (Å²) in [6.45, 7) is 11.4. The van der Waals surface area contributed by atoms with Gasteiger partial charge in [0.25, 0.3) is 0 Å². The smallest absolute Gasteiger partial charge is 0.216 e. The molecule has 8 nitrogen and oxygen atoms in total. The summed E-state index contributed by atoms with van der Waals surface area (Å²) in [5.74, 6) is 3.34. The van der Waals surface area contributed by atoms with Crippen LogP contribution in [0.5, 0.6) is 0 Å². The largest absolute Gasteiger partial charge is 0.461 e. The average Bonchev–Trinajstić information content (AvgIpc) is 3.32. The van der Waals surface area contributed by atoms with Crippen LogP contribution in [0.3, 0.4) is 0 Å². The average molecular weight is 377 g/mol. The second-order valence-corrected chi connectivity index (χ2v) is 6.55. The molecule has 0 aliphatic rings. The van der Waals surface area contributed by atoms with Crippen LogP contribution >= 0.6 is 0 Å². The molecule has 0 bridgehead atoms. The van der Waals surface area contributed by atoms with E-state index in [0.29, 0.717) is 30.5 Å². The summed E-state index contributed by atoms with van der Waals surface area (Å²) >= 11 is 0. The second kappa shape index (κ2) is 11.4. The Morgan fingerprint density at radius 1 is 1.33 bits per heavy atom. The molecule has 2 aromatic heterocycles. The van der Waals surface area contributed by atoms with E-state index < -0.39 is 0 Å². The SMILES string of the molecule is CCNC(=NCCC(OCC)C(C)C)NCCc1nc(-c2ccco2)n[nH]1. The number of nitrogens with zero attached hydrogens (tertiary/aromatic N) is 3. The van der Waals surface area contributed by atoms with E-state index in [0.717, 1.165) is 37.9 Å². The third-order valence-electron chi connectivity index (χ3n) is 4.08. The Morgan fingerprint density at radius 2 is 2.19 bits per heavy atom. The van der Waals surface area contributed by atoms with E-state index in [2.05, 4.69) is 51.6 Å². The van der Waals surface area contributed by atoms with Gasteiger partial charge in [-0.3, -0.25) is 10.1 Å². The van der Waals surface area contributed by atoms with E-state index in [4.69, 9.17) is 9.15 Å². The summed E-state index contributed by atoms with van der Waals surface area (Å²) in [7, 11) is 0. The van der Waals surface area contributed by atoms with Crippen LogP contribution in [-0.2, 0) is 11.2 Å². The number of nitrogens with one attached hydrogen (secondary N) is 3. The highest BCUT2D eigenvalue weighted by atomic mass is 16.5. The van der Waals surface area contributed by atoms with Crippen molar-refractivity contribution in [3.63, 3.8) is 0 Å². The number of rotatable bonds is 11. The molecule has 0 spiro atoms. The third kappa shape index (κ3) is 7.05. The zero-order valence-corrected chi connectivity index (χ0v) is 16.8. The molecule has 0 saturated carbocycles. The maximum atomic E-state index is 5.78. The topological polar surface area (TPSA) is 100 Å². The van der Waals surface area contributed by atoms with Gasteiger partial charge in [0, 0.05) is 32.7 Å². The summed E-state index contributed by atoms with van der Waals surface area (Å²) in [5, 5.41) is 13.7. The van der Waals surface area contributed by atoms with E-state index in [9.17, 15) is 0 Å². The Kier molecular flexibility index (Phi) is 8.83. The molecule has 150 valence electrons. The molecule has 0 saturated heterocycles. The fraction of sp³-hybridized carbons (Fsp3) is 0.632. The minimum absolute atomic E-state index is 0.246. The first-order chi connectivity index (χ1) is 13.1. The minimum Gasteiger partial charge on any atom is -0.461 e. The molecular formula is C19H32N6O2. The lowest BCUT2D eigenvalue weighted by atomic mass is 10.0. The van der Waals surface area contributed by atoms with Crippen LogP contribution in [0.4, 0.5) is 0 Å². The summed E-state index contributed by atoms with van der Waals surface area (Å²) in [4.78, 5) is 9.09. The van der Waals surface area contributed by atoms with Crippen molar-refractivity contribution in [3.05, 3.63) is 24.2 Å². The van der Waals surface area contributed by atoms with Crippen molar-refractivity contribution < 1.29 is 9.15 Å². The van der Waals surface area contributed by atoms with E-state index in [1.54, 1.807) is 6.26 Å². The summed E-state index contributed by atoms with van der Waals surface area (Å²) in [5.41, 5.74) is 0. The zero-order valence-electron chi connectivity index (χ0n) is 16.8. The van der Waals surface area contributed by atoms with Crippen LogP contribution in [0.15, 0.2) is 27.8 Å². The fourth-order valence-electron chi connectivity index (χ4n) is 2.69. The molecule has 0 aliphatic carbocycles. The third-order valence-corrected chi connectivity index (χ3v) is 4.08. The highest BCUT2D eigenvalue weighted by Crippen LogP contribution is 2.14. The van der Waals surface area contributed by atoms with E-state index >= 15 is 0 Å². The van der Waals surface area contributed by atoms with Crippen molar-refractivity contribution in [1.29, 1.82) is 0 Å². The van der Waals surface area contributed by atoms with Crippen molar-refractivity contribution in [2.75, 3.05) is 26.2 Å². The number of H-pyrrole nitrogens is 1. The molecule has 3 N–H and O–H groups in total. The van der Waals surface area contributed by atoms with Crippen molar-refractivity contribution in [1.82, 2.24) is 25.8 Å². The van der Waals surface area contributed by atoms with Gasteiger partial charge in [0.1, 0.15) is 5.82 Å². The Morgan fingerprint density at radius 3 is 2.85 bits per heavy atom. The van der Waals surface area contributed by atoms with Crippen molar-refractivity contribution in [2.45, 2.75) is 46.6 Å². The van der Waals surface area contributed by atoms with Gasteiger partial charge >= 0.3 is 0 Å². The maximum Gasteiger partial charge on any atom is 0.216 e. The molecule has 27 heavy (non-hydrogen) atoms.